The van der Waals surface area contributed by atoms with E-state index in [0.29, 0.717) is 54.7 Å². The molecule has 5 rings (SSSR count). The van der Waals surface area contributed by atoms with Gasteiger partial charge in [-0.25, -0.2) is 36.7 Å². The Morgan fingerprint density at radius 1 is 1.14 bits per heavy atom. The summed E-state index contributed by atoms with van der Waals surface area (Å²) in [5, 5.41) is 6.42. The molecular formula is C43H59N7O8S. The van der Waals surface area contributed by atoms with Gasteiger partial charge in [0.1, 0.15) is 24.1 Å². The van der Waals surface area contributed by atoms with Gasteiger partial charge in [0.05, 0.1) is 31.7 Å². The maximum absolute atomic E-state index is 14.6. The molecule has 1 aliphatic carbocycles. The van der Waals surface area contributed by atoms with Gasteiger partial charge in [-0.05, 0) is 69.1 Å². The number of H-pyrrole nitrogens is 1. The number of carbonyl (C=O) groups excluding carboxylic acids is 2. The number of aromatic nitrogens is 3. The van der Waals surface area contributed by atoms with Gasteiger partial charge in [0, 0.05) is 43.6 Å². The van der Waals surface area contributed by atoms with Gasteiger partial charge in [0.15, 0.2) is 11.5 Å². The molecule has 2 aliphatic rings. The topological polar surface area (TPSA) is 161 Å². The SMILES string of the molecule is [C-]#[N+]c1c(C(=O)OC2C(C=C(C)C)CC(C)CC2C(C)(C)C)c2nc(-c3ccc(OC)c(NCOC4CCN(S(C)(=O)=O)CC4)c3)[nH]n2c1OC(=O)N(CC=C)CC=C. The van der Waals surface area contributed by atoms with Crippen molar-refractivity contribution in [2.45, 2.75) is 79.4 Å². The summed E-state index contributed by atoms with van der Waals surface area (Å²) < 4.78 is 50.8. The second-order valence-electron chi connectivity index (χ2n) is 16.8. The number of carbonyl (C=O) groups is 2. The summed E-state index contributed by atoms with van der Waals surface area (Å²) in [4.78, 5) is 38.1. The van der Waals surface area contributed by atoms with Gasteiger partial charge >= 0.3 is 12.1 Å². The van der Waals surface area contributed by atoms with Gasteiger partial charge in [-0.2, -0.15) is 0 Å². The molecule has 4 atom stereocenters. The van der Waals surface area contributed by atoms with Crippen molar-refractivity contribution >= 4 is 39.1 Å². The maximum Gasteiger partial charge on any atom is 0.416 e. The Bertz CT molecular complexity index is 2190. The monoisotopic (exact) mass is 833 g/mol. The third-order valence-corrected chi connectivity index (χ3v) is 12.3. The molecule has 0 radical (unpaired) electrons. The third-order valence-electron chi connectivity index (χ3n) is 10.9. The Hall–Kier alpha value is -5.11. The first-order valence-electron chi connectivity index (χ1n) is 19.9. The van der Waals surface area contributed by atoms with E-state index in [9.17, 15) is 18.0 Å². The number of aromatic amines is 1. The zero-order valence-corrected chi connectivity index (χ0v) is 36.4. The van der Waals surface area contributed by atoms with Crippen LogP contribution in [0.25, 0.3) is 21.9 Å². The molecule has 0 spiro atoms. The summed E-state index contributed by atoms with van der Waals surface area (Å²) in [7, 11) is -1.71. The minimum atomic E-state index is -3.25. The van der Waals surface area contributed by atoms with E-state index in [1.807, 2.05) is 13.8 Å². The van der Waals surface area contributed by atoms with Gasteiger partial charge in [-0.15, -0.1) is 13.2 Å². The highest BCUT2D eigenvalue weighted by atomic mass is 32.2. The van der Waals surface area contributed by atoms with E-state index in [1.54, 1.807) is 37.5 Å². The van der Waals surface area contributed by atoms with E-state index in [0.717, 1.165) is 18.4 Å². The molecule has 320 valence electrons. The molecule has 1 saturated carbocycles. The Labute approximate surface area is 348 Å². The van der Waals surface area contributed by atoms with Crippen molar-refractivity contribution in [2.75, 3.05) is 51.6 Å². The number of amides is 1. The average molecular weight is 834 g/mol. The first-order chi connectivity index (χ1) is 27.9. The first-order valence-corrected chi connectivity index (χ1v) is 21.8. The van der Waals surface area contributed by atoms with Gasteiger partial charge in [-0.3, -0.25) is 5.10 Å². The lowest BCUT2D eigenvalue weighted by molar-refractivity contribution is -0.0535. The number of nitrogens with one attached hydrogen (secondary N) is 2. The smallest absolute Gasteiger partial charge is 0.416 e. The van der Waals surface area contributed by atoms with Crippen LogP contribution >= 0.6 is 0 Å². The van der Waals surface area contributed by atoms with Gasteiger partial charge < -0.3 is 29.2 Å². The first kappa shape index (κ1) is 45.0. The number of sulfonamides is 1. The molecule has 1 saturated heterocycles. The predicted molar refractivity (Wildman–Crippen MR) is 228 cm³/mol. The fourth-order valence-corrected chi connectivity index (χ4v) is 8.96. The zero-order chi connectivity index (χ0) is 43.2. The summed E-state index contributed by atoms with van der Waals surface area (Å²) in [5.74, 6) is 0.286. The van der Waals surface area contributed by atoms with Crippen LogP contribution in [0.15, 0.2) is 55.2 Å². The average Bonchev–Trinajstić information content (AvgIpc) is 3.72. The minimum Gasteiger partial charge on any atom is -0.495 e. The van der Waals surface area contributed by atoms with Crippen molar-refractivity contribution in [2.24, 2.45) is 23.2 Å². The number of anilines is 1. The molecule has 4 unspecified atom stereocenters. The second kappa shape index (κ2) is 18.9. The molecule has 16 heteroatoms. The van der Waals surface area contributed by atoms with Crippen LogP contribution in [0.5, 0.6) is 11.6 Å². The van der Waals surface area contributed by atoms with Crippen LogP contribution in [-0.2, 0) is 19.5 Å². The van der Waals surface area contributed by atoms with Gasteiger partial charge in [-0.1, -0.05) is 51.5 Å². The molecule has 2 fully saturated rings. The van der Waals surface area contributed by atoms with Crippen LogP contribution in [0.1, 0.15) is 77.6 Å². The summed E-state index contributed by atoms with van der Waals surface area (Å²) >= 11 is 0. The number of allylic oxidation sites excluding steroid dienone is 1. The van der Waals surface area contributed by atoms with Crippen molar-refractivity contribution in [3.63, 3.8) is 0 Å². The summed E-state index contributed by atoms with van der Waals surface area (Å²) in [5.41, 5.74) is 1.83. The van der Waals surface area contributed by atoms with E-state index in [2.05, 4.69) is 62.2 Å². The van der Waals surface area contributed by atoms with Gasteiger partial charge in [0.2, 0.25) is 15.9 Å². The number of nitrogens with zero attached hydrogens (tertiary/aromatic N) is 5. The third kappa shape index (κ3) is 10.6. The van der Waals surface area contributed by atoms with Crippen LogP contribution in [0.3, 0.4) is 0 Å². The highest BCUT2D eigenvalue weighted by molar-refractivity contribution is 7.88. The molecule has 1 aliphatic heterocycles. The Morgan fingerprint density at radius 2 is 1.81 bits per heavy atom. The molecule has 3 aromatic rings. The fourth-order valence-electron chi connectivity index (χ4n) is 8.08. The lowest BCUT2D eigenvalue weighted by atomic mass is 9.64. The second-order valence-corrected chi connectivity index (χ2v) is 18.8. The quantitative estimate of drug-likeness (QED) is 0.0663. The van der Waals surface area contributed by atoms with Crippen LogP contribution < -0.4 is 14.8 Å². The number of benzene rings is 1. The number of rotatable bonds is 15. The number of piperidine rings is 1. The minimum absolute atomic E-state index is 0.0261. The van der Waals surface area contributed by atoms with Crippen molar-refractivity contribution in [1.29, 1.82) is 0 Å². The summed E-state index contributed by atoms with van der Waals surface area (Å²) in [6, 6.07) is 5.33. The molecule has 1 aromatic carbocycles. The molecule has 1 amide bonds. The Balaban J connectivity index is 1.53. The number of methoxy groups -OCH3 is 1. The highest BCUT2D eigenvalue weighted by Gasteiger charge is 2.44. The summed E-state index contributed by atoms with van der Waals surface area (Å²) in [6.07, 6.45) is 7.95. The number of hydrogen-bond donors (Lipinski definition) is 2. The lowest BCUT2D eigenvalue weighted by Crippen LogP contribution is -2.45. The van der Waals surface area contributed by atoms with Gasteiger partial charge in [0.25, 0.3) is 5.69 Å². The van der Waals surface area contributed by atoms with Crippen LogP contribution in [0.4, 0.5) is 16.2 Å². The standard InChI is InChI=1S/C43H59N7O8S/c1-12-18-48(19-13-2)42(52)58-40-36(44-9)35(41(51)57-37-30(22-27(3)4)23-28(5)24-32(37)43(6,7)8)39-46-38(47-50(39)40)29-14-15-34(55-10)33(25-29)45-26-56-31-16-20-49(21-17-31)59(11,53)54/h12-15,22,25,28,30-32,37,45H,1-2,16-21,23-24,26H2,3-8,10-11H3,(H,46,47). The van der Waals surface area contributed by atoms with E-state index in [1.165, 1.54) is 20.0 Å². The molecule has 2 aromatic heterocycles. The molecule has 3 heterocycles. The normalized spacial score (nSPS) is 20.3. The zero-order valence-electron chi connectivity index (χ0n) is 35.5. The number of ether oxygens (including phenoxy) is 4. The molecule has 15 nitrogen and oxygen atoms in total. The van der Waals surface area contributed by atoms with E-state index < -0.39 is 28.2 Å². The van der Waals surface area contributed by atoms with Crippen molar-refractivity contribution in [3.05, 3.63) is 72.1 Å². The Morgan fingerprint density at radius 3 is 2.39 bits per heavy atom. The predicted octanol–water partition coefficient (Wildman–Crippen LogP) is 8.07. The van der Waals surface area contributed by atoms with Crippen LogP contribution in [-0.4, -0.2) is 103 Å². The molecule has 59 heavy (non-hydrogen) atoms. The fraction of sp³-hybridized carbons (Fsp3) is 0.535. The van der Waals surface area contributed by atoms with Crippen molar-refractivity contribution in [1.82, 2.24) is 23.8 Å². The lowest BCUT2D eigenvalue weighted by Gasteiger charge is -2.45. The van der Waals surface area contributed by atoms with Crippen molar-refractivity contribution < 1.29 is 37.0 Å². The highest BCUT2D eigenvalue weighted by Crippen LogP contribution is 2.47. The Kier molecular flexibility index (Phi) is 14.4. The summed E-state index contributed by atoms with van der Waals surface area (Å²) in [6.45, 7) is 29.7. The van der Waals surface area contributed by atoms with E-state index in [4.69, 9.17) is 30.5 Å². The number of hydrogen-bond acceptors (Lipinski definition) is 10. The molecular weight excluding hydrogens is 775 g/mol. The van der Waals surface area contributed by atoms with E-state index >= 15 is 0 Å². The van der Waals surface area contributed by atoms with Crippen molar-refractivity contribution in [3.8, 4) is 23.0 Å². The van der Waals surface area contributed by atoms with E-state index in [-0.39, 0.29) is 66.0 Å². The van der Waals surface area contributed by atoms with Crippen LogP contribution in [0.2, 0.25) is 0 Å². The maximum atomic E-state index is 14.6. The largest absolute Gasteiger partial charge is 0.495 e. The molecule has 2 N–H and O–H groups in total. The number of esters is 1. The van der Waals surface area contributed by atoms with Crippen LogP contribution in [0, 0.1) is 29.7 Å². The number of fused-ring (bicyclic) bond motifs is 1. The molecule has 0 bridgehead atoms.